The van der Waals surface area contributed by atoms with Crippen molar-refractivity contribution in [2.75, 3.05) is 26.8 Å². The summed E-state index contributed by atoms with van der Waals surface area (Å²) >= 11 is 0. The van der Waals surface area contributed by atoms with E-state index in [2.05, 4.69) is 0 Å². The van der Waals surface area contributed by atoms with Crippen molar-refractivity contribution >= 4 is 0 Å². The lowest BCUT2D eigenvalue weighted by Crippen LogP contribution is -2.55. The van der Waals surface area contributed by atoms with Crippen LogP contribution in [-0.2, 0) is 9.47 Å². The van der Waals surface area contributed by atoms with Crippen molar-refractivity contribution in [3.8, 4) is 0 Å². The van der Waals surface area contributed by atoms with Crippen molar-refractivity contribution in [2.24, 2.45) is 5.73 Å². The second-order valence-corrected chi connectivity index (χ2v) is 5.43. The molecular weight excluding hydrogens is 261 g/mol. The SMILES string of the molecule is CN(CCC(F)(F)F)C1CC2(CCC1N)OCCO2. The molecule has 1 heterocycles. The van der Waals surface area contributed by atoms with E-state index in [0.29, 0.717) is 26.1 Å². The van der Waals surface area contributed by atoms with Crippen molar-refractivity contribution in [3.63, 3.8) is 0 Å². The fourth-order valence-corrected chi connectivity index (χ4v) is 2.86. The van der Waals surface area contributed by atoms with Crippen molar-refractivity contribution in [3.05, 3.63) is 0 Å². The van der Waals surface area contributed by atoms with Crippen molar-refractivity contribution < 1.29 is 22.6 Å². The molecule has 0 aromatic heterocycles. The third-order valence-corrected chi connectivity index (χ3v) is 4.00. The highest BCUT2D eigenvalue weighted by Gasteiger charge is 2.45. The van der Waals surface area contributed by atoms with Gasteiger partial charge in [-0.15, -0.1) is 0 Å². The molecule has 2 atom stereocenters. The van der Waals surface area contributed by atoms with Crippen LogP contribution in [0.1, 0.15) is 25.7 Å². The summed E-state index contributed by atoms with van der Waals surface area (Å²) < 4.78 is 48.1. The second kappa shape index (κ2) is 5.55. The lowest BCUT2D eigenvalue weighted by atomic mass is 9.85. The molecule has 7 heteroatoms. The van der Waals surface area contributed by atoms with Crippen LogP contribution in [0, 0.1) is 0 Å². The molecule has 4 nitrogen and oxygen atoms in total. The Morgan fingerprint density at radius 1 is 1.32 bits per heavy atom. The Hall–Kier alpha value is -0.370. The third-order valence-electron chi connectivity index (χ3n) is 4.00. The lowest BCUT2D eigenvalue weighted by molar-refractivity contribution is -0.192. The zero-order valence-corrected chi connectivity index (χ0v) is 11.1. The molecule has 0 radical (unpaired) electrons. The van der Waals surface area contributed by atoms with Gasteiger partial charge in [0.2, 0.25) is 0 Å². The standard InChI is InChI=1S/C12H21F3N2O2/c1-17(5-4-12(13,14)15)10-8-11(3-2-9(10)16)18-6-7-19-11/h9-10H,2-8,16H2,1H3. The van der Waals surface area contributed by atoms with Gasteiger partial charge < -0.3 is 20.1 Å². The first kappa shape index (κ1) is 15.0. The molecule has 2 N–H and O–H groups in total. The van der Waals surface area contributed by atoms with Crippen LogP contribution in [0.5, 0.6) is 0 Å². The summed E-state index contributed by atoms with van der Waals surface area (Å²) in [6, 6.07) is -0.258. The summed E-state index contributed by atoms with van der Waals surface area (Å²) in [5, 5.41) is 0. The number of nitrogens with two attached hydrogens (primary N) is 1. The van der Waals surface area contributed by atoms with Crippen LogP contribution in [0.25, 0.3) is 0 Å². The lowest BCUT2D eigenvalue weighted by Gasteiger charge is -2.43. The molecule has 0 amide bonds. The molecule has 1 aliphatic carbocycles. The van der Waals surface area contributed by atoms with Gasteiger partial charge in [0.05, 0.1) is 19.6 Å². The number of halogens is 3. The summed E-state index contributed by atoms with van der Waals surface area (Å²) in [5.41, 5.74) is 6.04. The molecular formula is C12H21F3N2O2. The number of likely N-dealkylation sites (N-methyl/N-ethyl adjacent to an activating group) is 1. The predicted octanol–water partition coefficient (Wildman–Crippen LogP) is 1.49. The second-order valence-electron chi connectivity index (χ2n) is 5.43. The van der Waals surface area contributed by atoms with Gasteiger partial charge in [-0.05, 0) is 13.5 Å². The van der Waals surface area contributed by atoms with Crippen molar-refractivity contribution in [2.45, 2.75) is 49.7 Å². The quantitative estimate of drug-likeness (QED) is 0.852. The highest BCUT2D eigenvalue weighted by Crippen LogP contribution is 2.37. The van der Waals surface area contributed by atoms with Crippen LogP contribution >= 0.6 is 0 Å². The van der Waals surface area contributed by atoms with Crippen LogP contribution in [-0.4, -0.2) is 55.8 Å². The zero-order valence-electron chi connectivity index (χ0n) is 11.1. The molecule has 1 saturated heterocycles. The van der Waals surface area contributed by atoms with Crippen molar-refractivity contribution in [1.29, 1.82) is 0 Å². The summed E-state index contributed by atoms with van der Waals surface area (Å²) in [6.45, 7) is 1.06. The molecule has 1 spiro atoms. The van der Waals surface area contributed by atoms with Crippen LogP contribution in [0.15, 0.2) is 0 Å². The molecule has 0 bridgehead atoms. The van der Waals surface area contributed by atoms with E-state index < -0.39 is 18.4 Å². The maximum atomic E-state index is 12.3. The van der Waals surface area contributed by atoms with E-state index in [-0.39, 0.29) is 18.6 Å². The molecule has 0 aromatic carbocycles. The molecule has 0 aromatic rings. The Kier molecular flexibility index (Phi) is 4.39. The Morgan fingerprint density at radius 3 is 2.53 bits per heavy atom. The zero-order chi connectivity index (χ0) is 14.1. The highest BCUT2D eigenvalue weighted by molar-refractivity contribution is 4.94. The predicted molar refractivity (Wildman–Crippen MR) is 63.6 cm³/mol. The van der Waals surface area contributed by atoms with Gasteiger partial charge in [-0.2, -0.15) is 13.2 Å². The van der Waals surface area contributed by atoms with Gasteiger partial charge in [0.1, 0.15) is 0 Å². The molecule has 1 aliphatic heterocycles. The molecule has 19 heavy (non-hydrogen) atoms. The van der Waals surface area contributed by atoms with Crippen LogP contribution < -0.4 is 5.73 Å². The number of hydrogen-bond donors (Lipinski definition) is 1. The number of alkyl halides is 3. The molecule has 2 unspecified atom stereocenters. The summed E-state index contributed by atoms with van der Waals surface area (Å²) in [4.78, 5) is 1.68. The minimum Gasteiger partial charge on any atom is -0.347 e. The van der Waals surface area contributed by atoms with Gasteiger partial charge in [-0.25, -0.2) is 0 Å². The van der Waals surface area contributed by atoms with Crippen molar-refractivity contribution in [1.82, 2.24) is 4.90 Å². The average Bonchev–Trinajstić information content (AvgIpc) is 2.77. The van der Waals surface area contributed by atoms with E-state index in [1.807, 2.05) is 0 Å². The van der Waals surface area contributed by atoms with E-state index in [1.165, 1.54) is 0 Å². The maximum Gasteiger partial charge on any atom is 0.390 e. The summed E-state index contributed by atoms with van der Waals surface area (Å²) in [5.74, 6) is -0.618. The fraction of sp³-hybridized carbons (Fsp3) is 1.00. The molecule has 2 aliphatic rings. The fourth-order valence-electron chi connectivity index (χ4n) is 2.86. The highest BCUT2D eigenvalue weighted by atomic mass is 19.4. The Balaban J connectivity index is 1.92. The molecule has 1 saturated carbocycles. The Morgan fingerprint density at radius 2 is 1.95 bits per heavy atom. The topological polar surface area (TPSA) is 47.7 Å². The normalized spacial score (nSPS) is 31.3. The van der Waals surface area contributed by atoms with Crippen LogP contribution in [0.3, 0.4) is 0 Å². The van der Waals surface area contributed by atoms with Crippen LogP contribution in [0.4, 0.5) is 13.2 Å². The Labute approximate surface area is 111 Å². The largest absolute Gasteiger partial charge is 0.390 e. The average molecular weight is 282 g/mol. The van der Waals surface area contributed by atoms with Crippen LogP contribution in [0.2, 0.25) is 0 Å². The number of nitrogens with zero attached hydrogens (tertiary/aromatic N) is 1. The number of rotatable bonds is 3. The van der Waals surface area contributed by atoms with E-state index in [4.69, 9.17) is 15.2 Å². The molecule has 2 rings (SSSR count). The van der Waals surface area contributed by atoms with Gasteiger partial charge in [0.25, 0.3) is 0 Å². The van der Waals surface area contributed by atoms with Gasteiger partial charge in [0.15, 0.2) is 5.79 Å². The smallest absolute Gasteiger partial charge is 0.347 e. The van der Waals surface area contributed by atoms with Gasteiger partial charge in [-0.3, -0.25) is 0 Å². The minimum atomic E-state index is -4.13. The number of ether oxygens (including phenoxy) is 2. The van der Waals surface area contributed by atoms with Gasteiger partial charge >= 0.3 is 6.18 Å². The minimum absolute atomic E-state index is 0.0437. The molecule has 112 valence electrons. The van der Waals surface area contributed by atoms with E-state index >= 15 is 0 Å². The van der Waals surface area contributed by atoms with E-state index in [9.17, 15) is 13.2 Å². The first-order valence-corrected chi connectivity index (χ1v) is 6.62. The van der Waals surface area contributed by atoms with Gasteiger partial charge in [-0.1, -0.05) is 0 Å². The first-order valence-electron chi connectivity index (χ1n) is 6.62. The summed E-state index contributed by atoms with van der Waals surface area (Å²) in [6.07, 6.45) is -2.98. The maximum absolute atomic E-state index is 12.3. The molecule has 2 fully saturated rings. The number of hydrogen-bond acceptors (Lipinski definition) is 4. The monoisotopic (exact) mass is 282 g/mol. The van der Waals surface area contributed by atoms with E-state index in [0.717, 1.165) is 6.42 Å². The first-order chi connectivity index (χ1) is 8.81. The van der Waals surface area contributed by atoms with E-state index in [1.54, 1.807) is 11.9 Å². The van der Waals surface area contributed by atoms with Gasteiger partial charge in [0, 0.05) is 31.5 Å². The Bertz CT molecular complexity index is 306. The summed E-state index contributed by atoms with van der Waals surface area (Å²) in [7, 11) is 1.68. The third kappa shape index (κ3) is 3.81.